The topological polar surface area (TPSA) is 72.7 Å². The molecule has 0 aromatic carbocycles. The van der Waals surface area contributed by atoms with Crippen LogP contribution in [-0.2, 0) is 24.2 Å². The van der Waals surface area contributed by atoms with Gasteiger partial charge in [0.1, 0.15) is 10.8 Å². The van der Waals surface area contributed by atoms with Gasteiger partial charge in [-0.15, -0.1) is 11.3 Å². The van der Waals surface area contributed by atoms with Crippen LogP contribution in [0.15, 0.2) is 42.2 Å². The quantitative estimate of drug-likeness (QED) is 0.790. The van der Waals surface area contributed by atoms with Crippen LogP contribution in [0.4, 0.5) is 0 Å². The number of carbonyl (C=O) groups excluding carboxylic acids is 1. The van der Waals surface area contributed by atoms with Crippen LogP contribution >= 0.6 is 11.3 Å². The molecule has 7 heteroatoms. The molecule has 24 heavy (non-hydrogen) atoms. The Bertz CT molecular complexity index is 842. The number of fused-ring (bicyclic) bond motifs is 1. The van der Waals surface area contributed by atoms with Crippen molar-refractivity contribution >= 4 is 17.2 Å². The zero-order chi connectivity index (χ0) is 16.4. The van der Waals surface area contributed by atoms with Crippen LogP contribution in [0.2, 0.25) is 0 Å². The third kappa shape index (κ3) is 3.21. The van der Waals surface area contributed by atoms with Crippen molar-refractivity contribution in [3.8, 4) is 10.7 Å². The molecule has 0 saturated carbocycles. The van der Waals surface area contributed by atoms with Crippen LogP contribution < -0.4 is 5.32 Å². The van der Waals surface area contributed by atoms with E-state index in [1.165, 1.54) is 11.3 Å². The maximum absolute atomic E-state index is 12.3. The first-order valence-corrected chi connectivity index (χ1v) is 8.81. The summed E-state index contributed by atoms with van der Waals surface area (Å²) >= 11 is 1.52. The number of aryl methyl sites for hydroxylation is 1. The molecule has 1 amide bonds. The zero-order valence-corrected chi connectivity index (χ0v) is 13.9. The smallest absolute Gasteiger partial charge is 0.226 e. The summed E-state index contributed by atoms with van der Waals surface area (Å²) in [6.45, 7) is 0.789. The highest BCUT2D eigenvalue weighted by Gasteiger charge is 2.20. The molecule has 0 spiro atoms. The number of pyridine rings is 1. The van der Waals surface area contributed by atoms with E-state index >= 15 is 0 Å². The number of hydrogen-bond acceptors (Lipinski definition) is 5. The van der Waals surface area contributed by atoms with E-state index < -0.39 is 0 Å². The third-order valence-corrected chi connectivity index (χ3v) is 4.99. The molecule has 6 nitrogen and oxygen atoms in total. The van der Waals surface area contributed by atoms with Gasteiger partial charge in [0, 0.05) is 43.0 Å². The second-order valence-corrected chi connectivity index (χ2v) is 6.69. The van der Waals surface area contributed by atoms with Gasteiger partial charge in [-0.05, 0) is 18.6 Å². The number of aromatic nitrogens is 4. The third-order valence-electron chi connectivity index (χ3n) is 4.08. The Hall–Kier alpha value is -2.54. The molecule has 3 aromatic rings. The summed E-state index contributed by atoms with van der Waals surface area (Å²) < 4.78 is 2.11. The molecule has 0 saturated heterocycles. The fraction of sp³-hybridized carbons (Fsp3) is 0.294. The van der Waals surface area contributed by atoms with Crippen molar-refractivity contribution in [2.24, 2.45) is 0 Å². The monoisotopic (exact) mass is 339 g/mol. The van der Waals surface area contributed by atoms with E-state index in [1.54, 1.807) is 6.20 Å². The lowest BCUT2D eigenvalue weighted by atomic mass is 10.1. The molecule has 4 heterocycles. The number of imidazole rings is 1. The van der Waals surface area contributed by atoms with E-state index in [1.807, 2.05) is 36.0 Å². The first-order valence-electron chi connectivity index (χ1n) is 7.93. The predicted molar refractivity (Wildman–Crippen MR) is 91.5 cm³/mol. The van der Waals surface area contributed by atoms with Gasteiger partial charge >= 0.3 is 0 Å². The van der Waals surface area contributed by atoms with Crippen LogP contribution in [0, 0.1) is 0 Å². The van der Waals surface area contributed by atoms with Crippen molar-refractivity contribution in [1.82, 2.24) is 24.8 Å². The van der Waals surface area contributed by atoms with Crippen LogP contribution in [0.25, 0.3) is 10.7 Å². The van der Waals surface area contributed by atoms with Gasteiger partial charge in [-0.1, -0.05) is 6.07 Å². The summed E-state index contributed by atoms with van der Waals surface area (Å²) in [7, 11) is 0. The van der Waals surface area contributed by atoms with Gasteiger partial charge in [-0.3, -0.25) is 9.78 Å². The average molecular weight is 339 g/mol. The van der Waals surface area contributed by atoms with E-state index in [0.717, 1.165) is 41.6 Å². The summed E-state index contributed by atoms with van der Waals surface area (Å²) in [6, 6.07) is 5.89. The Labute approximate surface area is 143 Å². The van der Waals surface area contributed by atoms with Crippen molar-refractivity contribution in [2.75, 3.05) is 0 Å². The highest BCUT2D eigenvalue weighted by Crippen LogP contribution is 2.21. The standard InChI is InChI=1S/C17H17N5OS/c23-16(20-12-4-5-15-19-7-8-22(15)10-12)9-13-11-24-17(21-13)14-3-1-2-6-18-14/h1-3,6-8,11-12H,4-5,9-10H2,(H,20,23)/t12-/m0/s1. The molecule has 1 atom stereocenters. The van der Waals surface area contributed by atoms with Crippen LogP contribution in [-0.4, -0.2) is 31.5 Å². The van der Waals surface area contributed by atoms with E-state index in [0.29, 0.717) is 6.42 Å². The summed E-state index contributed by atoms with van der Waals surface area (Å²) in [4.78, 5) is 25.4. The second kappa shape index (κ2) is 6.52. The Morgan fingerprint density at radius 2 is 2.29 bits per heavy atom. The minimum Gasteiger partial charge on any atom is -0.351 e. The predicted octanol–water partition coefficient (Wildman–Crippen LogP) is 2.08. The highest BCUT2D eigenvalue weighted by molar-refractivity contribution is 7.13. The molecule has 4 rings (SSSR count). The summed E-state index contributed by atoms with van der Waals surface area (Å²) in [5.74, 6) is 1.11. The van der Waals surface area contributed by atoms with Crippen molar-refractivity contribution in [1.29, 1.82) is 0 Å². The summed E-state index contributed by atoms with van der Waals surface area (Å²) in [5, 5.41) is 5.88. The molecule has 0 radical (unpaired) electrons. The van der Waals surface area contributed by atoms with Gasteiger partial charge in [0.15, 0.2) is 0 Å². The van der Waals surface area contributed by atoms with E-state index in [-0.39, 0.29) is 11.9 Å². The number of nitrogens with one attached hydrogen (secondary N) is 1. The van der Waals surface area contributed by atoms with Crippen molar-refractivity contribution in [3.63, 3.8) is 0 Å². The summed E-state index contributed by atoms with van der Waals surface area (Å²) in [5.41, 5.74) is 1.63. The Balaban J connectivity index is 1.36. The lowest BCUT2D eigenvalue weighted by Gasteiger charge is -2.24. The molecule has 0 unspecified atom stereocenters. The molecular formula is C17H17N5OS. The number of carbonyl (C=O) groups is 1. The highest BCUT2D eigenvalue weighted by atomic mass is 32.1. The average Bonchev–Trinajstić information content (AvgIpc) is 3.24. The van der Waals surface area contributed by atoms with Gasteiger partial charge in [0.25, 0.3) is 0 Å². The van der Waals surface area contributed by atoms with Crippen molar-refractivity contribution in [2.45, 2.75) is 31.8 Å². The SMILES string of the molecule is O=C(Cc1csc(-c2ccccn2)n1)N[C@H]1CCc2nccn2C1. The van der Waals surface area contributed by atoms with Crippen molar-refractivity contribution < 1.29 is 4.79 Å². The number of nitrogens with zero attached hydrogens (tertiary/aromatic N) is 4. The number of rotatable bonds is 4. The van der Waals surface area contributed by atoms with Gasteiger partial charge in [0.2, 0.25) is 5.91 Å². The number of hydrogen-bond donors (Lipinski definition) is 1. The first-order chi connectivity index (χ1) is 11.8. The second-order valence-electron chi connectivity index (χ2n) is 5.83. The van der Waals surface area contributed by atoms with Crippen LogP contribution in [0.5, 0.6) is 0 Å². The van der Waals surface area contributed by atoms with Crippen LogP contribution in [0.3, 0.4) is 0 Å². The van der Waals surface area contributed by atoms with E-state index in [4.69, 9.17) is 0 Å². The molecule has 1 aliphatic heterocycles. The van der Waals surface area contributed by atoms with Gasteiger partial charge in [-0.25, -0.2) is 9.97 Å². The number of thiazole rings is 1. The largest absolute Gasteiger partial charge is 0.351 e. The Morgan fingerprint density at radius 1 is 1.33 bits per heavy atom. The zero-order valence-electron chi connectivity index (χ0n) is 13.1. The minimum absolute atomic E-state index is 0.0152. The van der Waals surface area contributed by atoms with Gasteiger partial charge < -0.3 is 9.88 Å². The molecular weight excluding hydrogens is 322 g/mol. The molecule has 0 bridgehead atoms. The lowest BCUT2D eigenvalue weighted by Crippen LogP contribution is -2.41. The van der Waals surface area contributed by atoms with E-state index in [2.05, 4.69) is 24.8 Å². The van der Waals surface area contributed by atoms with Crippen molar-refractivity contribution in [3.05, 3.63) is 53.7 Å². The normalized spacial score (nSPS) is 16.6. The molecule has 0 aliphatic carbocycles. The molecule has 122 valence electrons. The van der Waals surface area contributed by atoms with Crippen LogP contribution in [0.1, 0.15) is 17.9 Å². The first kappa shape index (κ1) is 15.0. The molecule has 0 fully saturated rings. The molecule has 3 aromatic heterocycles. The van der Waals surface area contributed by atoms with Gasteiger partial charge in [-0.2, -0.15) is 0 Å². The Kier molecular flexibility index (Phi) is 4.08. The minimum atomic E-state index is 0.0152. The fourth-order valence-electron chi connectivity index (χ4n) is 2.92. The fourth-order valence-corrected chi connectivity index (χ4v) is 3.72. The maximum Gasteiger partial charge on any atom is 0.226 e. The van der Waals surface area contributed by atoms with E-state index in [9.17, 15) is 4.79 Å². The molecule has 1 N–H and O–H groups in total. The Morgan fingerprint density at radius 3 is 3.17 bits per heavy atom. The number of amides is 1. The molecule has 1 aliphatic rings. The lowest BCUT2D eigenvalue weighted by molar-refractivity contribution is -0.121. The van der Waals surface area contributed by atoms with Gasteiger partial charge in [0.05, 0.1) is 17.8 Å². The maximum atomic E-state index is 12.3. The summed E-state index contributed by atoms with van der Waals surface area (Å²) in [6.07, 6.45) is 7.66.